The minimum atomic E-state index is -0.400. The van der Waals surface area contributed by atoms with Crippen LogP contribution in [-0.2, 0) is 0 Å². The molecule has 0 aromatic heterocycles. The molecule has 3 nitrogen and oxygen atoms in total. The van der Waals surface area contributed by atoms with Gasteiger partial charge in [-0.05, 0) is 18.2 Å². The number of halogens is 2. The highest BCUT2D eigenvalue weighted by Gasteiger charge is 2.18. The molecule has 0 aliphatic carbocycles. The maximum Gasteiger partial charge on any atom is 0.169 e. The first-order valence-corrected chi connectivity index (χ1v) is 7.69. The van der Waals surface area contributed by atoms with E-state index < -0.39 is 5.82 Å². The zero-order chi connectivity index (χ0) is 15.2. The van der Waals surface area contributed by atoms with Crippen molar-refractivity contribution in [2.24, 2.45) is 5.84 Å². The van der Waals surface area contributed by atoms with E-state index in [0.717, 1.165) is 4.90 Å². The van der Waals surface area contributed by atoms with E-state index in [-0.39, 0.29) is 11.8 Å². The Kier molecular flexibility index (Phi) is 5.87. The van der Waals surface area contributed by atoms with E-state index >= 15 is 0 Å². The monoisotopic (exact) mass is 326 g/mol. The zero-order valence-corrected chi connectivity index (χ0v) is 13.0. The quantitative estimate of drug-likeness (QED) is 0.482. The Labute approximate surface area is 132 Å². The number of rotatable bonds is 6. The average Bonchev–Trinajstić information content (AvgIpc) is 2.51. The molecule has 2 rings (SSSR count). The Morgan fingerprint density at radius 1 is 1.29 bits per heavy atom. The molecule has 0 saturated heterocycles. The van der Waals surface area contributed by atoms with Gasteiger partial charge in [0.1, 0.15) is 0 Å². The van der Waals surface area contributed by atoms with Crippen LogP contribution in [0.25, 0.3) is 0 Å². The molecule has 0 aliphatic heterocycles. The van der Waals surface area contributed by atoms with Gasteiger partial charge in [0.05, 0.1) is 18.2 Å². The van der Waals surface area contributed by atoms with Crippen molar-refractivity contribution < 1.29 is 9.13 Å². The molecule has 0 saturated carbocycles. The average molecular weight is 327 g/mol. The van der Waals surface area contributed by atoms with E-state index in [1.165, 1.54) is 18.9 Å². The van der Waals surface area contributed by atoms with Gasteiger partial charge in [0.25, 0.3) is 0 Å². The highest BCUT2D eigenvalue weighted by atomic mass is 35.5. The maximum atomic E-state index is 14.3. The molecule has 0 spiro atoms. The van der Waals surface area contributed by atoms with E-state index in [1.807, 2.05) is 24.3 Å². The van der Waals surface area contributed by atoms with Crippen molar-refractivity contribution in [3.05, 3.63) is 58.9 Å². The standard InChI is InChI=1S/C15H16ClFN2OS/c1-20-13-7-4-5-10(15(13)17)12(19-18)9-21-14-8-3-2-6-11(14)16/h2-8,12,19H,9,18H2,1H3. The molecule has 3 N–H and O–H groups in total. The second-order valence-electron chi connectivity index (χ2n) is 4.32. The number of hydrogen-bond acceptors (Lipinski definition) is 4. The van der Waals surface area contributed by atoms with Crippen molar-refractivity contribution in [2.75, 3.05) is 12.9 Å². The van der Waals surface area contributed by atoms with E-state index in [2.05, 4.69) is 5.43 Å². The Balaban J connectivity index is 2.16. The molecule has 0 heterocycles. The van der Waals surface area contributed by atoms with Crippen LogP contribution in [0.1, 0.15) is 11.6 Å². The lowest BCUT2D eigenvalue weighted by molar-refractivity contribution is 0.381. The fourth-order valence-electron chi connectivity index (χ4n) is 1.92. The van der Waals surface area contributed by atoms with Crippen LogP contribution in [0.4, 0.5) is 4.39 Å². The minimum absolute atomic E-state index is 0.204. The van der Waals surface area contributed by atoms with Gasteiger partial charge in [-0.1, -0.05) is 35.9 Å². The van der Waals surface area contributed by atoms with Crippen LogP contribution in [-0.4, -0.2) is 12.9 Å². The van der Waals surface area contributed by atoms with Gasteiger partial charge >= 0.3 is 0 Å². The number of benzene rings is 2. The summed E-state index contributed by atoms with van der Waals surface area (Å²) >= 11 is 7.62. The molecule has 2 aromatic carbocycles. The van der Waals surface area contributed by atoms with Crippen LogP contribution < -0.4 is 16.0 Å². The van der Waals surface area contributed by atoms with Crippen molar-refractivity contribution in [3.8, 4) is 5.75 Å². The number of methoxy groups -OCH3 is 1. The maximum absolute atomic E-state index is 14.3. The van der Waals surface area contributed by atoms with E-state index in [1.54, 1.807) is 18.2 Å². The van der Waals surface area contributed by atoms with Gasteiger partial charge in [0, 0.05) is 16.2 Å². The minimum Gasteiger partial charge on any atom is -0.494 e. The van der Waals surface area contributed by atoms with Crippen molar-refractivity contribution in [2.45, 2.75) is 10.9 Å². The van der Waals surface area contributed by atoms with Crippen molar-refractivity contribution in [3.63, 3.8) is 0 Å². The lowest BCUT2D eigenvalue weighted by Gasteiger charge is -2.18. The van der Waals surface area contributed by atoms with Crippen LogP contribution in [0.15, 0.2) is 47.4 Å². The second kappa shape index (κ2) is 7.66. The van der Waals surface area contributed by atoms with Crippen molar-refractivity contribution in [1.29, 1.82) is 0 Å². The predicted octanol–water partition coefficient (Wildman–Crippen LogP) is 3.78. The van der Waals surface area contributed by atoms with E-state index in [9.17, 15) is 4.39 Å². The van der Waals surface area contributed by atoms with E-state index in [0.29, 0.717) is 16.3 Å². The number of ether oxygens (including phenoxy) is 1. The lowest BCUT2D eigenvalue weighted by atomic mass is 10.1. The summed E-state index contributed by atoms with van der Waals surface area (Å²) in [5, 5.41) is 0.671. The van der Waals surface area contributed by atoms with Crippen LogP contribution >= 0.6 is 23.4 Å². The number of hydrogen-bond donors (Lipinski definition) is 2. The van der Waals surface area contributed by atoms with Crippen LogP contribution in [0.5, 0.6) is 5.75 Å². The number of hydrazine groups is 1. The summed E-state index contributed by atoms with van der Waals surface area (Å²) in [4.78, 5) is 0.933. The Bertz CT molecular complexity index is 612. The summed E-state index contributed by atoms with van der Waals surface area (Å²) in [6.45, 7) is 0. The molecular formula is C15H16ClFN2OS. The van der Waals surface area contributed by atoms with Gasteiger partial charge in [-0.25, -0.2) is 4.39 Å². The zero-order valence-electron chi connectivity index (χ0n) is 11.5. The molecule has 2 aromatic rings. The molecule has 1 unspecified atom stereocenters. The lowest BCUT2D eigenvalue weighted by Crippen LogP contribution is -2.30. The molecule has 0 amide bonds. The first kappa shape index (κ1) is 16.1. The normalized spacial score (nSPS) is 12.2. The number of thioether (sulfide) groups is 1. The van der Waals surface area contributed by atoms with Gasteiger partial charge in [-0.2, -0.15) is 0 Å². The molecule has 112 valence electrons. The SMILES string of the molecule is COc1cccc(C(CSc2ccccc2Cl)NN)c1F. The van der Waals surface area contributed by atoms with Gasteiger partial charge in [0.15, 0.2) is 11.6 Å². The van der Waals surface area contributed by atoms with Crippen LogP contribution in [0, 0.1) is 5.82 Å². The third kappa shape index (κ3) is 3.89. The van der Waals surface area contributed by atoms with Crippen LogP contribution in [0.2, 0.25) is 5.02 Å². The van der Waals surface area contributed by atoms with Crippen LogP contribution in [0.3, 0.4) is 0 Å². The molecule has 0 radical (unpaired) electrons. The van der Waals surface area contributed by atoms with Gasteiger partial charge in [-0.3, -0.25) is 11.3 Å². The van der Waals surface area contributed by atoms with E-state index in [4.69, 9.17) is 22.2 Å². The molecule has 0 fully saturated rings. The first-order chi connectivity index (χ1) is 10.2. The summed E-state index contributed by atoms with van der Waals surface area (Å²) in [5.41, 5.74) is 3.11. The smallest absolute Gasteiger partial charge is 0.169 e. The third-order valence-electron chi connectivity index (χ3n) is 3.03. The summed E-state index contributed by atoms with van der Waals surface area (Å²) in [7, 11) is 1.44. The molecule has 0 bridgehead atoms. The van der Waals surface area contributed by atoms with Crippen molar-refractivity contribution >= 4 is 23.4 Å². The summed E-state index contributed by atoms with van der Waals surface area (Å²) in [6.07, 6.45) is 0. The number of nitrogens with two attached hydrogens (primary N) is 1. The largest absolute Gasteiger partial charge is 0.494 e. The highest BCUT2D eigenvalue weighted by molar-refractivity contribution is 7.99. The summed E-state index contributed by atoms with van der Waals surface area (Å²) in [5.74, 6) is 5.91. The molecule has 6 heteroatoms. The topological polar surface area (TPSA) is 47.3 Å². The fourth-order valence-corrected chi connectivity index (χ4v) is 3.22. The molecule has 21 heavy (non-hydrogen) atoms. The molecule has 0 aliphatic rings. The second-order valence-corrected chi connectivity index (χ2v) is 5.79. The first-order valence-electron chi connectivity index (χ1n) is 6.33. The number of nitrogens with one attached hydrogen (secondary N) is 1. The van der Waals surface area contributed by atoms with Gasteiger partial charge < -0.3 is 4.74 Å². The third-order valence-corrected chi connectivity index (χ3v) is 4.64. The summed E-state index contributed by atoms with van der Waals surface area (Å²) in [6, 6.07) is 12.2. The molecular weight excluding hydrogens is 311 g/mol. The summed E-state index contributed by atoms with van der Waals surface area (Å²) < 4.78 is 19.2. The highest BCUT2D eigenvalue weighted by Crippen LogP contribution is 2.32. The predicted molar refractivity (Wildman–Crippen MR) is 85.2 cm³/mol. The van der Waals surface area contributed by atoms with Crippen molar-refractivity contribution in [1.82, 2.24) is 5.43 Å². The Morgan fingerprint density at radius 3 is 2.71 bits per heavy atom. The van der Waals surface area contributed by atoms with Gasteiger partial charge in [-0.15, -0.1) is 11.8 Å². The fraction of sp³-hybridized carbons (Fsp3) is 0.200. The molecule has 1 atom stereocenters. The Morgan fingerprint density at radius 2 is 2.05 bits per heavy atom. The Hall–Kier alpha value is -1.27. The van der Waals surface area contributed by atoms with Gasteiger partial charge in [0.2, 0.25) is 0 Å².